The van der Waals surface area contributed by atoms with E-state index >= 15 is 0 Å². The Labute approximate surface area is 1240 Å². The summed E-state index contributed by atoms with van der Waals surface area (Å²) in [5.41, 5.74) is 31.9. The molecule has 668 valence electrons. The minimum Gasteiger partial charge on any atom is -0.554 e. The van der Waals surface area contributed by atoms with E-state index in [1.807, 2.05) is 137 Å². The molecule has 143 heavy (non-hydrogen) atoms. The van der Waals surface area contributed by atoms with Gasteiger partial charge in [0.05, 0.1) is 23.9 Å². The van der Waals surface area contributed by atoms with Gasteiger partial charge < -0.3 is 54.4 Å². The fourth-order valence-electron chi connectivity index (χ4n) is 20.1. The summed E-state index contributed by atoms with van der Waals surface area (Å²) in [6.45, 7) is 20.7. The Balaban J connectivity index is 0.000000196. The van der Waals surface area contributed by atoms with Crippen molar-refractivity contribution in [3.8, 4) is 33.4 Å². The summed E-state index contributed by atoms with van der Waals surface area (Å²) < 4.78 is 0. The number of anilines is 3. The molecule has 22 rings (SSSR count). The Morgan fingerprint density at radius 2 is 0.657 bits per heavy atom. The molecule has 19 aromatic rings. The van der Waals surface area contributed by atoms with Crippen molar-refractivity contribution in [1.82, 2.24) is 0 Å². The summed E-state index contributed by atoms with van der Waals surface area (Å²) in [7, 11) is 0. The van der Waals surface area contributed by atoms with Crippen molar-refractivity contribution in [2.24, 2.45) is 0 Å². The number of carboxylic acids is 5. The van der Waals surface area contributed by atoms with E-state index in [1.54, 1.807) is 48.5 Å². The second kappa shape index (κ2) is 55.8. The molecule has 0 amide bonds. The second-order valence-electron chi connectivity index (χ2n) is 34.7. The molecule has 0 radical (unpaired) electrons. The van der Waals surface area contributed by atoms with E-state index in [9.17, 15) is 49.5 Å². The molecule has 0 saturated carbocycles. The molecule has 22 heteroatoms. The summed E-state index contributed by atoms with van der Waals surface area (Å²) in [5.74, 6) is -6.19. The van der Waals surface area contributed by atoms with Gasteiger partial charge in [-0.15, -0.1) is 39.2 Å². The zero-order valence-corrected chi connectivity index (χ0v) is 127. The van der Waals surface area contributed by atoms with Crippen molar-refractivity contribution < 1.29 is 551 Å². The van der Waals surface area contributed by atoms with Crippen molar-refractivity contribution in [3.63, 3.8) is 0 Å². The number of aliphatic carboxylic acids is 1. The van der Waals surface area contributed by atoms with Crippen molar-refractivity contribution in [1.29, 1.82) is 0 Å². The topological polar surface area (TPSA) is 272 Å². The molecule has 3 unspecified atom stereocenters. The van der Waals surface area contributed by atoms with E-state index in [2.05, 4.69) is 234 Å². The molecular formula is C121H88Cs7NO14. The first-order chi connectivity index (χ1) is 65.6. The molecule has 0 aromatic heterocycles. The van der Waals surface area contributed by atoms with Crippen molar-refractivity contribution in [3.05, 3.63) is 474 Å². The normalized spacial score (nSPS) is 12.8. The Kier molecular flexibility index (Phi) is 48.2. The average Bonchev–Trinajstić information content (AvgIpc) is 1.53. The van der Waals surface area contributed by atoms with E-state index in [0.29, 0.717) is 5.56 Å². The minimum atomic E-state index is -1.17. The van der Waals surface area contributed by atoms with Gasteiger partial charge in [0.15, 0.2) is 0 Å². The maximum Gasteiger partial charge on any atom is 1.00 e. The van der Waals surface area contributed by atoms with Crippen LogP contribution in [-0.2, 0) is 29.4 Å². The van der Waals surface area contributed by atoms with Gasteiger partial charge in [0, 0.05) is 40.3 Å². The number of aromatic carboxylic acids is 4. The first-order valence-corrected chi connectivity index (χ1v) is 44.3. The van der Waals surface area contributed by atoms with Crippen LogP contribution in [0.4, 0.5) is 17.1 Å². The summed E-state index contributed by atoms with van der Waals surface area (Å²) in [6, 6.07) is 116. The Morgan fingerprint density at radius 1 is 0.308 bits per heavy atom. The van der Waals surface area contributed by atoms with E-state index in [-0.39, 0.29) is 517 Å². The molecule has 15 nitrogen and oxygen atoms in total. The average molecular weight is 2710 g/mol. The summed E-state index contributed by atoms with van der Waals surface area (Å²) in [5, 5.41) is 70.3. The fraction of sp³-hybridized carbons (Fsp3) is 0.107. The van der Waals surface area contributed by atoms with E-state index < -0.39 is 41.2 Å². The van der Waals surface area contributed by atoms with Crippen LogP contribution < -0.4 is 513 Å². The van der Waals surface area contributed by atoms with Gasteiger partial charge in [-0.3, -0.25) is 0 Å². The van der Waals surface area contributed by atoms with Gasteiger partial charge >= 0.3 is 495 Å². The van der Waals surface area contributed by atoms with Gasteiger partial charge in [0.1, 0.15) is 0 Å². The number of fused-ring (bicyclic) bond motifs is 20. The number of rotatable bonds is 11. The van der Waals surface area contributed by atoms with Crippen LogP contribution in [0.3, 0.4) is 0 Å². The molecule has 0 saturated heterocycles. The number of benzene rings is 18. The molecular weight excluding hydrogens is 2620 g/mol. The van der Waals surface area contributed by atoms with Gasteiger partial charge in [-0.1, -0.05) is 317 Å². The maximum absolute atomic E-state index is 11.8. The Bertz CT molecular complexity index is 8020. The predicted octanol–water partition coefficient (Wildman–Crippen LogP) is 0.126. The van der Waals surface area contributed by atoms with E-state index in [4.69, 9.17) is 19.2 Å². The van der Waals surface area contributed by atoms with Crippen molar-refractivity contribution >= 4 is 124 Å². The SMILES string of the molecule is Cc1ccc(N(c2ccc(C)cc2)c2ccc(C(=O)[O-])cc2)cc1.Cc1ccc2c(c1)C(C(=O)[O-])c1cc(C)c3ccccc3c1-2.Cc1ccc2c(c1)C(c1cc[c-]cc1)(c1ccc(C(=O)[O-])cc1)c1cc(C)c3ccccc3c1-2.Cc1ccc2c(c1)C(c1ccc(C(=O)[O-])cc1)c1cc(C)c3ccccc3c1-2.Cc1ccc2c3c4ccccc4c(C)cc3[c-](C(=O)[O-])c2c1.O=C=O.O=C=O.[Cs+].[Cs+].[Cs+].[Cs+].[Cs+].[Cs+].[Cs+]. The van der Waals surface area contributed by atoms with E-state index in [1.165, 1.54) is 105 Å². The fourth-order valence-corrected chi connectivity index (χ4v) is 20.1. The predicted molar refractivity (Wildman–Crippen MR) is 523 cm³/mol. The van der Waals surface area contributed by atoms with Crippen LogP contribution in [0.2, 0.25) is 0 Å². The Hall–Kier alpha value is -2.86. The van der Waals surface area contributed by atoms with Crippen LogP contribution >= 0.6 is 0 Å². The molecule has 0 aliphatic heterocycles. The minimum absolute atomic E-state index is 0. The van der Waals surface area contributed by atoms with Gasteiger partial charge in [-0.25, -0.2) is 0 Å². The first kappa shape index (κ1) is 124. The van der Waals surface area contributed by atoms with Crippen LogP contribution in [-0.4, -0.2) is 42.1 Å². The third-order valence-electron chi connectivity index (χ3n) is 26.1. The third-order valence-corrected chi connectivity index (χ3v) is 26.1. The largest absolute Gasteiger partial charge is 1.00 e. The van der Waals surface area contributed by atoms with Gasteiger partial charge in [-0.05, 0) is 255 Å². The number of carbonyl (C=O) groups excluding carboxylic acids is 9. The van der Waals surface area contributed by atoms with Crippen molar-refractivity contribution in [2.45, 2.75) is 86.5 Å². The maximum atomic E-state index is 11.8. The molecule has 0 fully saturated rings. The molecule has 0 spiro atoms. The number of hydrogen-bond donors (Lipinski definition) is 0. The monoisotopic (exact) mass is 2710 g/mol. The Morgan fingerprint density at radius 3 is 1.12 bits per heavy atom. The second-order valence-corrected chi connectivity index (χ2v) is 34.7. The molecule has 19 aromatic carbocycles. The number of carboxylic acid groups (broad SMARTS) is 5. The van der Waals surface area contributed by atoms with Crippen LogP contribution in [0.5, 0.6) is 0 Å². The molecule has 3 aliphatic rings. The van der Waals surface area contributed by atoms with E-state index in [0.717, 1.165) is 116 Å². The smallest absolute Gasteiger partial charge is 0.554 e. The van der Waals surface area contributed by atoms with Crippen molar-refractivity contribution in [2.75, 3.05) is 4.90 Å². The molecule has 0 N–H and O–H groups in total. The number of carbonyl (C=O) groups is 5. The van der Waals surface area contributed by atoms with Gasteiger partial charge in [0.25, 0.3) is 0 Å². The van der Waals surface area contributed by atoms with Crippen LogP contribution in [0.15, 0.2) is 340 Å². The number of aryl methyl sites for hydroxylation is 10. The zero-order valence-electron chi connectivity index (χ0n) is 83.1. The quantitative estimate of drug-likeness (QED) is 0.156. The summed E-state index contributed by atoms with van der Waals surface area (Å²) >= 11 is 0. The zero-order chi connectivity index (χ0) is 96.2. The van der Waals surface area contributed by atoms with Crippen LogP contribution in [0.1, 0.15) is 159 Å². The standard InChI is InChI=1S/C32H23O2.C26H20O2.C21H19NO2.C20H16O2.C20H15O2.2CO2.7Cs/c1-20-12-17-27-28(18-20)32(23-8-4-3-5-9-23,24-15-13-22(14-16-24)31(33)34)29-19-21(2)25-10-6-7-11-26(25)30(27)29;1-15-7-12-21-22(13-15)24(17-8-10-18(11-9-17)26(27)28)23-14-16(2)19-5-3-4-6-20(19)25(21)23;1-15-3-9-18(10-4-15)22(19-11-5-16(2)6-12-19)20-13-7-17(8-14-20)21(23)24;2*1-11-7-8-15-16(9-11)19(20(21)22)17-10-12(2)13-5-3-4-6-14(13)18(15)17;2*2-1-3;;;;;;;/h4-19H,1-2H3,(H,33,34);3-14,24H,1-2H3,(H,27,28);3-14H,1-2H3,(H,23,24);3-10,19H,1-2H3,(H,21,22);3-10H,1-2H3,(H,21,22);;;;;;;;;/q-1;;;;-1;;;7*+1/p-5. The molecule has 3 atom stereocenters. The summed E-state index contributed by atoms with van der Waals surface area (Å²) in [6.07, 6.45) is 0.500. The molecule has 0 heterocycles. The van der Waals surface area contributed by atoms with Crippen LogP contribution in [0, 0.1) is 75.3 Å². The van der Waals surface area contributed by atoms with Gasteiger partial charge in [-0.2, -0.15) is 49.5 Å². The van der Waals surface area contributed by atoms with Gasteiger partial charge in [0.2, 0.25) is 0 Å². The molecule has 0 bridgehead atoms. The summed E-state index contributed by atoms with van der Waals surface area (Å²) in [4.78, 5) is 91.7. The first-order valence-electron chi connectivity index (χ1n) is 44.3. The van der Waals surface area contributed by atoms with Crippen LogP contribution in [0.25, 0.3) is 98.0 Å². The number of nitrogens with zero attached hydrogens (tertiary/aromatic N) is 1. The molecule has 3 aliphatic carbocycles. The number of hydrogen-bond acceptors (Lipinski definition) is 15. The third kappa shape index (κ3) is 26.4.